The molecule has 1 amide bonds. The topological polar surface area (TPSA) is 67.8 Å². The number of hydrogen-bond donors (Lipinski definition) is 2. The lowest BCUT2D eigenvalue weighted by molar-refractivity contribution is 0.0936. The summed E-state index contributed by atoms with van der Waals surface area (Å²) < 4.78 is 10.5. The Morgan fingerprint density at radius 1 is 1.25 bits per heavy atom. The molecule has 0 heterocycles. The van der Waals surface area contributed by atoms with Crippen molar-refractivity contribution in [3.05, 3.63) is 59.2 Å². The zero-order valence-corrected chi connectivity index (χ0v) is 13.6. The average Bonchev–Trinajstić information content (AvgIpc) is 3.00. The normalized spacial score (nSPS) is 15.8. The predicted molar refractivity (Wildman–Crippen MR) is 90.4 cm³/mol. The minimum atomic E-state index is -0.145. The van der Waals surface area contributed by atoms with Crippen molar-refractivity contribution in [3.63, 3.8) is 0 Å². The van der Waals surface area contributed by atoms with E-state index in [0.717, 1.165) is 24.0 Å². The lowest BCUT2D eigenvalue weighted by Crippen LogP contribution is -2.27. The Bertz CT molecular complexity index is 729. The quantitative estimate of drug-likeness (QED) is 0.801. The molecule has 0 aliphatic heterocycles. The number of carbonyl (C=O) groups is 1. The number of carbonyl (C=O) groups excluding carboxylic acids is 1. The van der Waals surface area contributed by atoms with Gasteiger partial charge in [-0.2, -0.15) is 0 Å². The minimum absolute atomic E-state index is 0.0716. The third-order valence-electron chi connectivity index (χ3n) is 4.20. The van der Waals surface area contributed by atoms with Gasteiger partial charge in [0.05, 0.1) is 12.6 Å². The molecule has 2 aromatic rings. The van der Waals surface area contributed by atoms with Gasteiger partial charge in [-0.1, -0.05) is 18.2 Å². The molecule has 1 aliphatic rings. The highest BCUT2D eigenvalue weighted by Gasteiger charge is 2.26. The Morgan fingerprint density at radius 2 is 2.08 bits per heavy atom. The number of nitrogens with one attached hydrogen (secondary N) is 1. The summed E-state index contributed by atoms with van der Waals surface area (Å²) in [6.07, 6.45) is 1.57. The summed E-state index contributed by atoms with van der Waals surface area (Å²) in [6, 6.07) is 12.5. The molecule has 0 bridgehead atoms. The summed E-state index contributed by atoms with van der Waals surface area (Å²) in [7, 11) is 1.62. The molecule has 0 saturated carbocycles. The van der Waals surface area contributed by atoms with Crippen LogP contribution in [0.5, 0.6) is 11.5 Å². The molecular formula is C19H21NO4. The number of rotatable bonds is 6. The third kappa shape index (κ3) is 3.51. The summed E-state index contributed by atoms with van der Waals surface area (Å²) in [4.78, 5) is 12.5. The molecule has 0 fully saturated rings. The molecule has 2 aromatic carbocycles. The lowest BCUT2D eigenvalue weighted by Gasteiger charge is -2.15. The van der Waals surface area contributed by atoms with Gasteiger partial charge in [-0.05, 0) is 48.2 Å². The van der Waals surface area contributed by atoms with E-state index >= 15 is 0 Å². The maximum Gasteiger partial charge on any atom is 0.251 e. The van der Waals surface area contributed by atoms with Crippen molar-refractivity contribution in [3.8, 4) is 11.5 Å². The van der Waals surface area contributed by atoms with Crippen molar-refractivity contribution in [1.29, 1.82) is 0 Å². The molecule has 1 aliphatic carbocycles. The summed E-state index contributed by atoms with van der Waals surface area (Å²) in [6.45, 7) is 0.940. The third-order valence-corrected chi connectivity index (χ3v) is 4.20. The van der Waals surface area contributed by atoms with Crippen LogP contribution in [0.4, 0.5) is 0 Å². The number of methoxy groups -OCH3 is 1. The molecule has 0 spiro atoms. The van der Waals surface area contributed by atoms with Gasteiger partial charge >= 0.3 is 0 Å². The van der Waals surface area contributed by atoms with Gasteiger partial charge in [0, 0.05) is 12.7 Å². The second kappa shape index (κ2) is 7.36. The average molecular weight is 327 g/mol. The van der Waals surface area contributed by atoms with Gasteiger partial charge in [0.2, 0.25) is 0 Å². The predicted octanol–water partition coefficient (Wildman–Crippen LogP) is 2.83. The number of benzene rings is 2. The van der Waals surface area contributed by atoms with Crippen LogP contribution in [0, 0.1) is 0 Å². The molecule has 126 valence electrons. The van der Waals surface area contributed by atoms with E-state index in [1.165, 1.54) is 0 Å². The Kier molecular flexibility index (Phi) is 5.01. The molecular weight excluding hydrogens is 306 g/mol. The highest BCUT2D eigenvalue weighted by Crippen LogP contribution is 2.36. The van der Waals surface area contributed by atoms with Crippen LogP contribution in [-0.4, -0.2) is 31.3 Å². The van der Waals surface area contributed by atoms with Crippen LogP contribution in [0.15, 0.2) is 42.5 Å². The molecule has 2 N–H and O–H groups in total. The van der Waals surface area contributed by atoms with Crippen LogP contribution < -0.4 is 10.1 Å². The molecule has 24 heavy (non-hydrogen) atoms. The highest BCUT2D eigenvalue weighted by molar-refractivity contribution is 5.94. The Balaban J connectivity index is 1.68. The van der Waals surface area contributed by atoms with Crippen LogP contribution in [0.2, 0.25) is 0 Å². The molecule has 0 aromatic heterocycles. The highest BCUT2D eigenvalue weighted by atomic mass is 16.5. The largest absolute Gasteiger partial charge is 0.508 e. The van der Waals surface area contributed by atoms with Gasteiger partial charge in [0.25, 0.3) is 5.91 Å². The number of phenolic OH excluding ortho intramolecular Hbond substituents is 1. The van der Waals surface area contributed by atoms with Crippen molar-refractivity contribution in [2.45, 2.75) is 18.9 Å². The summed E-state index contributed by atoms with van der Waals surface area (Å²) in [5.41, 5.74) is 2.48. The lowest BCUT2D eigenvalue weighted by atomic mass is 10.1. The SMILES string of the molecule is COCCOc1cccc(C(=O)N[C@H]2CCc3c(O)cccc32)c1. The second-order valence-electron chi connectivity index (χ2n) is 5.78. The first-order chi connectivity index (χ1) is 11.7. The molecule has 0 unspecified atom stereocenters. The number of hydrogen-bond acceptors (Lipinski definition) is 4. The summed E-state index contributed by atoms with van der Waals surface area (Å²) in [5, 5.41) is 12.9. The molecule has 5 heteroatoms. The van der Waals surface area contributed by atoms with Crippen molar-refractivity contribution < 1.29 is 19.4 Å². The Hall–Kier alpha value is -2.53. The van der Waals surface area contributed by atoms with Gasteiger partial charge in [-0.25, -0.2) is 0 Å². The van der Waals surface area contributed by atoms with E-state index in [1.54, 1.807) is 31.4 Å². The summed E-state index contributed by atoms with van der Waals surface area (Å²) in [5.74, 6) is 0.801. The molecule has 3 rings (SSSR count). The van der Waals surface area contributed by atoms with Crippen LogP contribution in [0.25, 0.3) is 0 Å². The monoisotopic (exact) mass is 327 g/mol. The number of phenols is 1. The summed E-state index contributed by atoms with van der Waals surface area (Å²) >= 11 is 0. The van der Waals surface area contributed by atoms with Gasteiger partial charge in [0.1, 0.15) is 18.1 Å². The van der Waals surface area contributed by atoms with E-state index in [-0.39, 0.29) is 11.9 Å². The Morgan fingerprint density at radius 3 is 2.92 bits per heavy atom. The molecule has 1 atom stereocenters. The van der Waals surface area contributed by atoms with E-state index in [0.29, 0.717) is 30.3 Å². The fourth-order valence-corrected chi connectivity index (χ4v) is 3.00. The van der Waals surface area contributed by atoms with Crippen LogP contribution in [0.1, 0.15) is 33.9 Å². The fourth-order valence-electron chi connectivity index (χ4n) is 3.00. The van der Waals surface area contributed by atoms with E-state index in [4.69, 9.17) is 9.47 Å². The van der Waals surface area contributed by atoms with Gasteiger partial charge in [0.15, 0.2) is 0 Å². The van der Waals surface area contributed by atoms with E-state index < -0.39 is 0 Å². The maximum absolute atomic E-state index is 12.5. The van der Waals surface area contributed by atoms with Crippen molar-refractivity contribution in [1.82, 2.24) is 5.32 Å². The number of aromatic hydroxyl groups is 1. The molecule has 0 radical (unpaired) electrons. The second-order valence-corrected chi connectivity index (χ2v) is 5.78. The van der Waals surface area contributed by atoms with E-state index in [2.05, 4.69) is 5.32 Å². The first-order valence-electron chi connectivity index (χ1n) is 8.02. The zero-order chi connectivity index (χ0) is 16.9. The van der Waals surface area contributed by atoms with Crippen LogP contribution >= 0.6 is 0 Å². The first kappa shape index (κ1) is 16.3. The number of fused-ring (bicyclic) bond motifs is 1. The van der Waals surface area contributed by atoms with Crippen molar-refractivity contribution in [2.24, 2.45) is 0 Å². The van der Waals surface area contributed by atoms with E-state index in [1.807, 2.05) is 18.2 Å². The Labute approximate surface area is 141 Å². The smallest absolute Gasteiger partial charge is 0.251 e. The van der Waals surface area contributed by atoms with Crippen molar-refractivity contribution >= 4 is 5.91 Å². The molecule has 5 nitrogen and oxygen atoms in total. The van der Waals surface area contributed by atoms with Crippen LogP contribution in [0.3, 0.4) is 0 Å². The minimum Gasteiger partial charge on any atom is -0.508 e. The first-order valence-corrected chi connectivity index (χ1v) is 8.02. The standard InChI is InChI=1S/C19H21NO4/c1-23-10-11-24-14-5-2-4-13(12-14)19(22)20-17-9-8-16-15(17)6-3-7-18(16)21/h2-7,12,17,21H,8-11H2,1H3,(H,20,22)/t17-/m0/s1. The van der Waals surface area contributed by atoms with Crippen molar-refractivity contribution in [2.75, 3.05) is 20.3 Å². The van der Waals surface area contributed by atoms with Gasteiger partial charge in [-0.3, -0.25) is 4.79 Å². The van der Waals surface area contributed by atoms with E-state index in [9.17, 15) is 9.90 Å². The van der Waals surface area contributed by atoms with Crippen LogP contribution in [-0.2, 0) is 11.2 Å². The van der Waals surface area contributed by atoms with Gasteiger partial charge in [-0.15, -0.1) is 0 Å². The fraction of sp³-hybridized carbons (Fsp3) is 0.316. The number of amides is 1. The van der Waals surface area contributed by atoms with Gasteiger partial charge < -0.3 is 19.9 Å². The molecule has 0 saturated heterocycles. The number of ether oxygens (including phenoxy) is 2. The zero-order valence-electron chi connectivity index (χ0n) is 13.6. The maximum atomic E-state index is 12.5.